The van der Waals surface area contributed by atoms with E-state index >= 15 is 0 Å². The predicted molar refractivity (Wildman–Crippen MR) is 116 cm³/mol. The molecule has 3 heterocycles. The van der Waals surface area contributed by atoms with Crippen LogP contribution in [0.5, 0.6) is 0 Å². The van der Waals surface area contributed by atoms with E-state index in [0.29, 0.717) is 26.2 Å². The maximum Gasteiger partial charge on any atom is 0.228 e. The van der Waals surface area contributed by atoms with Gasteiger partial charge in [-0.05, 0) is 17.7 Å². The van der Waals surface area contributed by atoms with Crippen molar-refractivity contribution < 1.29 is 13.2 Å². The Morgan fingerprint density at radius 1 is 1.03 bits per heavy atom. The minimum Gasteiger partial charge on any atom is -0.340 e. The second-order valence-electron chi connectivity index (χ2n) is 7.08. The monoisotopic (exact) mass is 442 g/mol. The van der Waals surface area contributed by atoms with E-state index in [2.05, 4.69) is 9.97 Å². The topological polar surface area (TPSA) is 83.5 Å². The highest BCUT2D eigenvalue weighted by Gasteiger charge is 2.29. The number of aromatic nitrogens is 2. The lowest BCUT2D eigenvalue weighted by molar-refractivity contribution is -0.131. The second-order valence-corrected chi connectivity index (χ2v) is 9.91. The molecule has 0 atom stereocenters. The Kier molecular flexibility index (Phi) is 6.21. The molecule has 4 rings (SSSR count). The van der Waals surface area contributed by atoms with Gasteiger partial charge in [0.2, 0.25) is 15.9 Å². The normalized spacial score (nSPS) is 15.3. The Morgan fingerprint density at radius 2 is 1.80 bits per heavy atom. The number of hydrogen-bond donors (Lipinski definition) is 0. The number of thiazole rings is 1. The molecule has 0 N–H and O–H groups in total. The second kappa shape index (κ2) is 9.03. The molecule has 1 amide bonds. The van der Waals surface area contributed by atoms with Gasteiger partial charge in [-0.3, -0.25) is 9.78 Å². The van der Waals surface area contributed by atoms with Gasteiger partial charge in [0.15, 0.2) is 0 Å². The zero-order valence-electron chi connectivity index (χ0n) is 16.3. The number of rotatable bonds is 6. The Hall–Kier alpha value is -2.62. The summed E-state index contributed by atoms with van der Waals surface area (Å²) in [5.41, 5.74) is 2.42. The van der Waals surface area contributed by atoms with Crippen molar-refractivity contribution in [1.82, 2.24) is 19.2 Å². The van der Waals surface area contributed by atoms with Crippen molar-refractivity contribution in [2.45, 2.75) is 12.2 Å². The third-order valence-corrected chi connectivity index (χ3v) is 7.76. The Morgan fingerprint density at radius 3 is 2.50 bits per heavy atom. The SMILES string of the molecule is O=C(Cc1csc(-c2cccnc2)n1)N1CCN(S(=O)(=O)Cc2ccccc2)CC1. The molecule has 9 heteroatoms. The molecule has 1 aliphatic heterocycles. The van der Waals surface area contributed by atoms with Gasteiger partial charge in [-0.2, -0.15) is 4.31 Å². The van der Waals surface area contributed by atoms with Crippen molar-refractivity contribution in [1.29, 1.82) is 0 Å². The van der Waals surface area contributed by atoms with Crippen molar-refractivity contribution in [2.24, 2.45) is 0 Å². The molecule has 3 aromatic rings. The fourth-order valence-electron chi connectivity index (χ4n) is 3.37. The smallest absolute Gasteiger partial charge is 0.228 e. The van der Waals surface area contributed by atoms with Crippen molar-refractivity contribution in [3.8, 4) is 10.6 Å². The van der Waals surface area contributed by atoms with Crippen LogP contribution in [0.25, 0.3) is 10.6 Å². The van der Waals surface area contributed by atoms with Gasteiger partial charge in [0.05, 0.1) is 17.9 Å². The Balaban J connectivity index is 1.32. The van der Waals surface area contributed by atoms with Crippen LogP contribution in [0.3, 0.4) is 0 Å². The van der Waals surface area contributed by atoms with E-state index in [0.717, 1.165) is 21.8 Å². The van der Waals surface area contributed by atoms with Crippen molar-refractivity contribution in [3.05, 3.63) is 71.5 Å². The van der Waals surface area contributed by atoms with E-state index in [1.807, 2.05) is 47.8 Å². The molecule has 0 spiro atoms. The lowest BCUT2D eigenvalue weighted by atomic mass is 10.2. The van der Waals surface area contributed by atoms with Gasteiger partial charge in [-0.1, -0.05) is 30.3 Å². The van der Waals surface area contributed by atoms with Gasteiger partial charge in [-0.25, -0.2) is 13.4 Å². The summed E-state index contributed by atoms with van der Waals surface area (Å²) in [6, 6.07) is 12.9. The number of pyridine rings is 1. The molecule has 1 aliphatic rings. The maximum absolute atomic E-state index is 12.7. The molecular weight excluding hydrogens is 420 g/mol. The van der Waals surface area contributed by atoms with E-state index < -0.39 is 10.0 Å². The number of nitrogens with zero attached hydrogens (tertiary/aromatic N) is 4. The summed E-state index contributed by atoms with van der Waals surface area (Å²) in [7, 11) is -3.39. The fraction of sp³-hybridized carbons (Fsp3) is 0.286. The van der Waals surface area contributed by atoms with Crippen molar-refractivity contribution in [3.63, 3.8) is 0 Å². The first kappa shape index (κ1) is 20.6. The average Bonchev–Trinajstić information content (AvgIpc) is 3.23. The van der Waals surface area contributed by atoms with Gasteiger partial charge >= 0.3 is 0 Å². The first-order valence-corrected chi connectivity index (χ1v) is 12.1. The van der Waals surface area contributed by atoms with Crippen molar-refractivity contribution >= 4 is 27.3 Å². The van der Waals surface area contributed by atoms with E-state index in [1.54, 1.807) is 17.3 Å². The van der Waals surface area contributed by atoms with Gasteiger partial charge in [0.25, 0.3) is 0 Å². The minimum absolute atomic E-state index is 0.0161. The van der Waals surface area contributed by atoms with Crippen LogP contribution in [0.15, 0.2) is 60.2 Å². The highest BCUT2D eigenvalue weighted by Crippen LogP contribution is 2.23. The quantitative estimate of drug-likeness (QED) is 0.585. The van der Waals surface area contributed by atoms with Crippen LogP contribution in [0.4, 0.5) is 0 Å². The van der Waals surface area contributed by atoms with Crippen LogP contribution in [0, 0.1) is 0 Å². The molecule has 156 valence electrons. The third-order valence-electron chi connectivity index (χ3n) is 4.97. The number of carbonyl (C=O) groups is 1. The molecule has 0 bridgehead atoms. The summed E-state index contributed by atoms with van der Waals surface area (Å²) in [6.07, 6.45) is 3.67. The molecule has 0 unspecified atom stereocenters. The largest absolute Gasteiger partial charge is 0.340 e. The maximum atomic E-state index is 12.7. The lowest BCUT2D eigenvalue weighted by Crippen LogP contribution is -2.51. The van der Waals surface area contributed by atoms with Gasteiger partial charge in [-0.15, -0.1) is 11.3 Å². The van der Waals surface area contributed by atoms with Crippen LogP contribution in [0.1, 0.15) is 11.3 Å². The van der Waals surface area contributed by atoms with Crippen LogP contribution >= 0.6 is 11.3 Å². The van der Waals surface area contributed by atoms with Crippen LogP contribution in [0.2, 0.25) is 0 Å². The summed E-state index contributed by atoms with van der Waals surface area (Å²) >= 11 is 1.49. The molecule has 1 fully saturated rings. The zero-order valence-corrected chi connectivity index (χ0v) is 18.0. The summed E-state index contributed by atoms with van der Waals surface area (Å²) in [4.78, 5) is 23.0. The highest BCUT2D eigenvalue weighted by atomic mass is 32.2. The van der Waals surface area contributed by atoms with Gasteiger partial charge in [0, 0.05) is 49.5 Å². The summed E-state index contributed by atoms with van der Waals surface area (Å²) in [6.45, 7) is 1.43. The van der Waals surface area contributed by atoms with Gasteiger partial charge in [0.1, 0.15) is 5.01 Å². The first-order valence-electron chi connectivity index (χ1n) is 9.65. The number of hydrogen-bond acceptors (Lipinski definition) is 6. The molecule has 1 aromatic carbocycles. The minimum atomic E-state index is -3.39. The Bertz CT molecular complexity index is 1090. The fourth-order valence-corrected chi connectivity index (χ4v) is 5.69. The number of piperazine rings is 1. The van der Waals surface area contributed by atoms with Gasteiger partial charge < -0.3 is 4.90 Å². The number of amides is 1. The Labute approximate surface area is 180 Å². The number of carbonyl (C=O) groups excluding carboxylic acids is 1. The molecule has 2 aromatic heterocycles. The van der Waals surface area contributed by atoms with E-state index in [9.17, 15) is 13.2 Å². The number of sulfonamides is 1. The summed E-state index contributed by atoms with van der Waals surface area (Å²) in [5.74, 6) is -0.0456. The zero-order chi connectivity index (χ0) is 21.0. The lowest BCUT2D eigenvalue weighted by Gasteiger charge is -2.34. The van der Waals surface area contributed by atoms with E-state index in [1.165, 1.54) is 15.6 Å². The average molecular weight is 443 g/mol. The molecule has 1 saturated heterocycles. The van der Waals surface area contributed by atoms with Crippen LogP contribution in [-0.2, 0) is 27.0 Å². The van der Waals surface area contributed by atoms with E-state index in [-0.39, 0.29) is 18.1 Å². The molecule has 0 radical (unpaired) electrons. The predicted octanol–water partition coefficient (Wildman–Crippen LogP) is 2.42. The van der Waals surface area contributed by atoms with Crippen molar-refractivity contribution in [2.75, 3.05) is 26.2 Å². The molecule has 0 saturated carbocycles. The first-order chi connectivity index (χ1) is 14.5. The summed E-state index contributed by atoms with van der Waals surface area (Å²) in [5, 5.41) is 2.73. The molecule has 0 aliphatic carbocycles. The molecular formula is C21H22N4O3S2. The number of benzene rings is 1. The standard InChI is InChI=1S/C21H22N4O3S2/c26-20(13-19-15-29-21(23-19)18-7-4-8-22-14-18)24-9-11-25(12-10-24)30(27,28)16-17-5-2-1-3-6-17/h1-8,14-15H,9-13,16H2. The molecule has 7 nitrogen and oxygen atoms in total. The van der Waals surface area contributed by atoms with Crippen LogP contribution < -0.4 is 0 Å². The van der Waals surface area contributed by atoms with Crippen LogP contribution in [-0.4, -0.2) is 59.7 Å². The highest BCUT2D eigenvalue weighted by molar-refractivity contribution is 7.88. The summed E-state index contributed by atoms with van der Waals surface area (Å²) < 4.78 is 26.8. The van der Waals surface area contributed by atoms with E-state index in [4.69, 9.17) is 0 Å². The molecule has 30 heavy (non-hydrogen) atoms. The third kappa shape index (κ3) is 4.92.